The fourth-order valence-electron chi connectivity index (χ4n) is 2.25. The molecular weight excluding hydrogens is 410 g/mol. The zero-order valence-electron chi connectivity index (χ0n) is 15.8. The van der Waals surface area contributed by atoms with Crippen LogP contribution in [0.15, 0.2) is 0 Å². The van der Waals surface area contributed by atoms with Gasteiger partial charge in [0.15, 0.2) is 0 Å². The van der Waals surface area contributed by atoms with Crippen LogP contribution in [0.25, 0.3) is 0 Å². The van der Waals surface area contributed by atoms with E-state index in [0.29, 0.717) is 52.6 Å². The summed E-state index contributed by atoms with van der Waals surface area (Å²) >= 11 is 0. The van der Waals surface area contributed by atoms with Gasteiger partial charge in [0, 0.05) is 26.2 Å². The van der Waals surface area contributed by atoms with Gasteiger partial charge in [-0.15, -0.1) is 0 Å². The second kappa shape index (κ2) is 13.8. The van der Waals surface area contributed by atoms with Gasteiger partial charge in [0.25, 0.3) is 0 Å². The first-order chi connectivity index (χ1) is 11.0. The summed E-state index contributed by atoms with van der Waals surface area (Å²) < 4.78 is 73.6. The van der Waals surface area contributed by atoms with Gasteiger partial charge in [0.1, 0.15) is 20.2 Å². The first-order valence-electron chi connectivity index (χ1n) is 7.56. The van der Waals surface area contributed by atoms with Gasteiger partial charge < -0.3 is 18.6 Å². The van der Waals surface area contributed by atoms with Crippen molar-refractivity contribution in [3.8, 4) is 0 Å². The summed E-state index contributed by atoms with van der Waals surface area (Å²) in [5, 5.41) is -1.86. The standard InChI is InChI=1S/2C6H13NO4S.2Na/c2*1-6(12(8,9)10)7-2-4-11-5-3-7;;/h2*6H,2-5H2,1H3,(H,8,9,10);;/q;;2*+1/p-2. The van der Waals surface area contributed by atoms with E-state index in [-0.39, 0.29) is 59.1 Å². The molecule has 14 heteroatoms. The summed E-state index contributed by atoms with van der Waals surface area (Å²) in [5.74, 6) is 0. The van der Waals surface area contributed by atoms with E-state index < -0.39 is 31.0 Å². The molecule has 10 nitrogen and oxygen atoms in total. The zero-order valence-corrected chi connectivity index (χ0v) is 21.4. The van der Waals surface area contributed by atoms with E-state index in [0.717, 1.165) is 0 Å². The Kier molecular flexibility index (Phi) is 15.9. The molecule has 0 aromatic heterocycles. The van der Waals surface area contributed by atoms with Gasteiger partial charge in [-0.1, -0.05) is 0 Å². The average Bonchev–Trinajstić information content (AvgIpc) is 2.54. The fraction of sp³-hybridized carbons (Fsp3) is 1.00. The monoisotopic (exact) mass is 434 g/mol. The molecule has 0 saturated carbocycles. The third kappa shape index (κ3) is 11.0. The Morgan fingerprint density at radius 3 is 1.12 bits per heavy atom. The summed E-state index contributed by atoms with van der Waals surface area (Å²) in [6, 6.07) is 0. The van der Waals surface area contributed by atoms with Gasteiger partial charge in [0.2, 0.25) is 0 Å². The normalized spacial score (nSPS) is 22.0. The molecule has 0 spiro atoms. The van der Waals surface area contributed by atoms with Crippen LogP contribution in [-0.4, -0.2) is 99.1 Å². The topological polar surface area (TPSA) is 139 Å². The maximum atomic E-state index is 10.6. The fourth-order valence-corrected chi connectivity index (χ4v) is 3.40. The molecule has 2 aliphatic heterocycles. The third-order valence-corrected chi connectivity index (χ3v) is 6.22. The average molecular weight is 434 g/mol. The molecule has 2 fully saturated rings. The minimum atomic E-state index is -4.18. The van der Waals surface area contributed by atoms with Crippen LogP contribution in [0.4, 0.5) is 0 Å². The van der Waals surface area contributed by atoms with Crippen molar-refractivity contribution in [1.29, 1.82) is 0 Å². The zero-order chi connectivity index (χ0) is 18.4. The van der Waals surface area contributed by atoms with Gasteiger partial charge in [-0.25, -0.2) is 16.8 Å². The second-order valence-electron chi connectivity index (χ2n) is 5.48. The Hall–Kier alpha value is 1.66. The maximum Gasteiger partial charge on any atom is 1.00 e. The Labute approximate surface area is 200 Å². The van der Waals surface area contributed by atoms with Gasteiger partial charge in [-0.05, 0) is 13.8 Å². The van der Waals surface area contributed by atoms with Gasteiger partial charge in [-0.3, -0.25) is 9.80 Å². The molecule has 2 rings (SSSR count). The molecule has 2 heterocycles. The van der Waals surface area contributed by atoms with Crippen LogP contribution in [0.2, 0.25) is 0 Å². The summed E-state index contributed by atoms with van der Waals surface area (Å²) in [5.41, 5.74) is 0. The summed E-state index contributed by atoms with van der Waals surface area (Å²) in [7, 11) is -8.36. The van der Waals surface area contributed by atoms with Crippen LogP contribution in [0.3, 0.4) is 0 Å². The molecule has 2 aliphatic rings. The van der Waals surface area contributed by atoms with Crippen molar-refractivity contribution in [2.45, 2.75) is 24.6 Å². The van der Waals surface area contributed by atoms with E-state index in [4.69, 9.17) is 9.47 Å². The van der Waals surface area contributed by atoms with Crippen LogP contribution >= 0.6 is 0 Å². The van der Waals surface area contributed by atoms with Crippen LogP contribution in [0.5, 0.6) is 0 Å². The molecule has 2 unspecified atom stereocenters. The summed E-state index contributed by atoms with van der Waals surface area (Å²) in [6.07, 6.45) is 0. The van der Waals surface area contributed by atoms with Crippen molar-refractivity contribution in [3.05, 3.63) is 0 Å². The molecule has 2 atom stereocenters. The molecule has 0 aromatic carbocycles. The van der Waals surface area contributed by atoms with Crippen molar-refractivity contribution in [2.24, 2.45) is 0 Å². The van der Waals surface area contributed by atoms with Crippen LogP contribution < -0.4 is 59.1 Å². The molecule has 0 aromatic rings. The minimum absolute atomic E-state index is 0. The molecule has 26 heavy (non-hydrogen) atoms. The maximum absolute atomic E-state index is 10.6. The van der Waals surface area contributed by atoms with Crippen LogP contribution in [0.1, 0.15) is 13.8 Å². The van der Waals surface area contributed by atoms with Gasteiger partial charge in [0.05, 0.1) is 37.2 Å². The molecule has 0 bridgehead atoms. The first kappa shape index (κ1) is 29.9. The smallest absolute Gasteiger partial charge is 0.747 e. The van der Waals surface area contributed by atoms with Crippen molar-refractivity contribution in [3.63, 3.8) is 0 Å². The molecule has 0 aliphatic carbocycles. The van der Waals surface area contributed by atoms with E-state index in [1.165, 1.54) is 13.8 Å². The van der Waals surface area contributed by atoms with Crippen molar-refractivity contribution < 1.29 is 94.5 Å². The number of ether oxygens (including phenoxy) is 2. The molecule has 2 saturated heterocycles. The van der Waals surface area contributed by atoms with E-state index in [1.807, 2.05) is 0 Å². The van der Waals surface area contributed by atoms with Crippen molar-refractivity contribution in [2.75, 3.05) is 52.6 Å². The Morgan fingerprint density at radius 2 is 0.923 bits per heavy atom. The molecule has 0 N–H and O–H groups in total. The summed E-state index contributed by atoms with van der Waals surface area (Å²) in [6.45, 7) is 6.89. The number of nitrogens with zero attached hydrogens (tertiary/aromatic N) is 2. The summed E-state index contributed by atoms with van der Waals surface area (Å²) in [4.78, 5) is 3.23. The van der Waals surface area contributed by atoms with E-state index in [9.17, 15) is 25.9 Å². The van der Waals surface area contributed by atoms with Gasteiger partial charge in [-0.2, -0.15) is 0 Å². The van der Waals surface area contributed by atoms with E-state index in [1.54, 1.807) is 9.80 Å². The Morgan fingerprint density at radius 1 is 0.692 bits per heavy atom. The quantitative estimate of drug-likeness (QED) is 0.310. The number of hydrogen-bond donors (Lipinski definition) is 0. The van der Waals surface area contributed by atoms with Crippen molar-refractivity contribution >= 4 is 20.2 Å². The molecular formula is C12H24N2Na2O8S2. The number of morpholine rings is 2. The van der Waals surface area contributed by atoms with Crippen LogP contribution in [0, 0.1) is 0 Å². The van der Waals surface area contributed by atoms with Crippen molar-refractivity contribution in [1.82, 2.24) is 9.80 Å². The van der Waals surface area contributed by atoms with Crippen LogP contribution in [-0.2, 0) is 29.7 Å². The van der Waals surface area contributed by atoms with E-state index >= 15 is 0 Å². The SMILES string of the molecule is CC(N1CCOCC1)S(=O)(=O)[O-].CC(N1CCOCC1)S(=O)(=O)[O-].[Na+].[Na+]. The molecule has 144 valence electrons. The third-order valence-electron chi connectivity index (χ3n) is 3.96. The first-order valence-corrected chi connectivity index (χ1v) is 10.5. The largest absolute Gasteiger partial charge is 1.00 e. The Bertz CT molecular complexity index is 526. The second-order valence-corrected chi connectivity index (χ2v) is 8.82. The number of rotatable bonds is 4. The van der Waals surface area contributed by atoms with Gasteiger partial charge >= 0.3 is 59.1 Å². The predicted octanol–water partition coefficient (Wildman–Crippen LogP) is -7.57. The number of hydrogen-bond acceptors (Lipinski definition) is 10. The molecule has 0 amide bonds. The minimum Gasteiger partial charge on any atom is -0.747 e. The predicted molar refractivity (Wildman–Crippen MR) is 83.1 cm³/mol. The Balaban J connectivity index is 0. The van der Waals surface area contributed by atoms with E-state index in [2.05, 4.69) is 0 Å². The molecule has 0 radical (unpaired) electrons.